The number of rotatable bonds is 3. The Kier molecular flexibility index (Phi) is 3.47. The van der Waals surface area contributed by atoms with Gasteiger partial charge in [-0.1, -0.05) is 6.07 Å². The zero-order valence-corrected chi connectivity index (χ0v) is 8.97. The minimum atomic E-state index is -4.84. The van der Waals surface area contributed by atoms with E-state index in [9.17, 15) is 21.6 Å². The number of halogens is 3. The van der Waals surface area contributed by atoms with Gasteiger partial charge in [-0.05, 0) is 25.1 Å². The molecule has 1 aromatic rings. The molecule has 1 aromatic carbocycles. The lowest BCUT2D eigenvalue weighted by molar-refractivity contribution is -0.274. The Hall–Kier alpha value is -1.24. The molecule has 0 spiro atoms. The van der Waals surface area contributed by atoms with Gasteiger partial charge in [0.25, 0.3) is 0 Å². The fraction of sp³-hybridized carbons (Fsp3) is 0.222. The van der Waals surface area contributed by atoms with Gasteiger partial charge < -0.3 is 4.74 Å². The smallest absolute Gasteiger partial charge is 0.406 e. The summed E-state index contributed by atoms with van der Waals surface area (Å²) in [6, 6.07) is 4.22. The summed E-state index contributed by atoms with van der Waals surface area (Å²) in [6.45, 7) is 1.28. The average molecular weight is 253 g/mol. The number of ether oxygens (including phenoxy) is 1. The minimum Gasteiger partial charge on any atom is -0.406 e. The van der Waals surface area contributed by atoms with Crippen molar-refractivity contribution in [3.05, 3.63) is 30.0 Å². The maximum Gasteiger partial charge on any atom is 0.573 e. The first-order chi connectivity index (χ1) is 7.24. The molecule has 0 fully saturated rings. The van der Waals surface area contributed by atoms with E-state index in [-0.39, 0.29) is 4.90 Å². The molecule has 0 aliphatic rings. The summed E-state index contributed by atoms with van der Waals surface area (Å²) in [7, 11) is -3.65. The van der Waals surface area contributed by atoms with Crippen molar-refractivity contribution in [1.29, 1.82) is 0 Å². The van der Waals surface area contributed by atoms with Gasteiger partial charge in [0, 0.05) is 0 Å². The zero-order valence-electron chi connectivity index (χ0n) is 8.15. The van der Waals surface area contributed by atoms with Gasteiger partial charge in [-0.15, -0.1) is 13.2 Å². The molecule has 0 saturated heterocycles. The van der Waals surface area contributed by atoms with Crippen LogP contribution in [0.15, 0.2) is 29.2 Å². The lowest BCUT2D eigenvalue weighted by Crippen LogP contribution is -2.17. The molecule has 0 aromatic heterocycles. The van der Waals surface area contributed by atoms with Crippen molar-refractivity contribution in [2.75, 3.05) is 0 Å². The van der Waals surface area contributed by atoms with Crippen LogP contribution in [0.1, 0.15) is 6.92 Å². The van der Waals surface area contributed by atoms with E-state index in [0.717, 1.165) is 17.9 Å². The topological polar surface area (TPSA) is 43.4 Å². The molecule has 0 aliphatic carbocycles. The molecule has 16 heavy (non-hydrogen) atoms. The molecular formula is C9H8F3O3S. The van der Waals surface area contributed by atoms with Crippen LogP contribution in [-0.4, -0.2) is 14.8 Å². The standard InChI is InChI=1S/C9H8F3O3S/c1-2-16(13,14)8-5-3-4-7(6-8)15-9(10,11)12/h2-6H,1H3. The van der Waals surface area contributed by atoms with Crippen molar-refractivity contribution in [3.63, 3.8) is 0 Å². The lowest BCUT2D eigenvalue weighted by Gasteiger charge is -2.09. The normalized spacial score (nSPS) is 12.5. The zero-order chi connectivity index (χ0) is 12.4. The SMILES string of the molecule is C[CH]S(=O)(=O)c1cccc(OC(F)(F)F)c1. The number of sulfone groups is 1. The first kappa shape index (κ1) is 12.8. The van der Waals surface area contributed by atoms with Crippen LogP contribution >= 0.6 is 0 Å². The predicted molar refractivity (Wildman–Crippen MR) is 50.3 cm³/mol. The molecule has 7 heteroatoms. The maximum atomic E-state index is 11.9. The van der Waals surface area contributed by atoms with Gasteiger partial charge in [0.05, 0.1) is 10.6 Å². The van der Waals surface area contributed by atoms with Crippen LogP contribution in [0.2, 0.25) is 0 Å². The van der Waals surface area contributed by atoms with Crippen LogP contribution < -0.4 is 4.74 Å². The molecule has 0 unspecified atom stereocenters. The highest BCUT2D eigenvalue weighted by Crippen LogP contribution is 2.25. The number of alkyl halides is 3. The summed E-state index contributed by atoms with van der Waals surface area (Å²) in [5.74, 6) is 0.343. The van der Waals surface area contributed by atoms with Crippen LogP contribution in [0.5, 0.6) is 5.75 Å². The second-order valence-electron chi connectivity index (χ2n) is 2.80. The fourth-order valence-corrected chi connectivity index (χ4v) is 1.81. The third kappa shape index (κ3) is 3.41. The van der Waals surface area contributed by atoms with Crippen molar-refractivity contribution in [3.8, 4) is 5.75 Å². The van der Waals surface area contributed by atoms with E-state index in [1.165, 1.54) is 19.1 Å². The summed E-state index contributed by atoms with van der Waals surface area (Å²) >= 11 is 0. The van der Waals surface area contributed by atoms with Gasteiger partial charge in [0.2, 0.25) is 0 Å². The third-order valence-electron chi connectivity index (χ3n) is 1.68. The van der Waals surface area contributed by atoms with E-state index in [0.29, 0.717) is 0 Å². The highest BCUT2D eigenvalue weighted by atomic mass is 32.2. The number of benzene rings is 1. The molecule has 0 amide bonds. The molecule has 0 atom stereocenters. The van der Waals surface area contributed by atoms with Crippen LogP contribution in [0.25, 0.3) is 0 Å². The first-order valence-electron chi connectivity index (χ1n) is 4.15. The van der Waals surface area contributed by atoms with Gasteiger partial charge in [-0.2, -0.15) is 0 Å². The van der Waals surface area contributed by atoms with Crippen LogP contribution in [0.3, 0.4) is 0 Å². The van der Waals surface area contributed by atoms with E-state index < -0.39 is 21.9 Å². The average Bonchev–Trinajstić information content (AvgIpc) is 2.15. The first-order valence-corrected chi connectivity index (χ1v) is 5.69. The van der Waals surface area contributed by atoms with E-state index in [1.54, 1.807) is 0 Å². The Balaban J connectivity index is 3.06. The Bertz CT molecular complexity index is 465. The molecule has 0 N–H and O–H groups in total. The molecule has 3 nitrogen and oxygen atoms in total. The molecule has 1 radical (unpaired) electrons. The summed E-state index contributed by atoms with van der Waals surface area (Å²) in [5, 5.41) is 0. The Morgan fingerprint density at radius 3 is 2.44 bits per heavy atom. The highest BCUT2D eigenvalue weighted by Gasteiger charge is 2.31. The summed E-state index contributed by atoms with van der Waals surface area (Å²) in [5.41, 5.74) is 0. The summed E-state index contributed by atoms with van der Waals surface area (Å²) in [6.07, 6.45) is -4.84. The minimum absolute atomic E-state index is 0.239. The Morgan fingerprint density at radius 1 is 1.31 bits per heavy atom. The van der Waals surface area contributed by atoms with E-state index >= 15 is 0 Å². The monoisotopic (exact) mass is 253 g/mol. The van der Waals surface area contributed by atoms with Crippen molar-refractivity contribution >= 4 is 9.84 Å². The molecule has 0 bridgehead atoms. The van der Waals surface area contributed by atoms with Gasteiger partial charge in [0.15, 0.2) is 9.84 Å². The highest BCUT2D eigenvalue weighted by molar-refractivity contribution is 7.93. The Labute approximate surface area is 90.8 Å². The Morgan fingerprint density at radius 2 is 1.94 bits per heavy atom. The van der Waals surface area contributed by atoms with E-state index in [1.807, 2.05) is 0 Å². The van der Waals surface area contributed by atoms with Gasteiger partial charge in [0.1, 0.15) is 5.75 Å². The largest absolute Gasteiger partial charge is 0.573 e. The summed E-state index contributed by atoms with van der Waals surface area (Å²) in [4.78, 5) is -0.239. The molecule has 1 rings (SSSR count). The number of hydrogen-bond acceptors (Lipinski definition) is 3. The molecular weight excluding hydrogens is 245 g/mol. The molecule has 0 aliphatic heterocycles. The van der Waals surface area contributed by atoms with Crippen molar-refractivity contribution in [2.24, 2.45) is 0 Å². The molecule has 0 saturated carbocycles. The maximum absolute atomic E-state index is 11.9. The fourth-order valence-electron chi connectivity index (χ4n) is 0.984. The second kappa shape index (κ2) is 4.32. The second-order valence-corrected chi connectivity index (χ2v) is 4.84. The predicted octanol–water partition coefficient (Wildman–Crippen LogP) is 2.54. The van der Waals surface area contributed by atoms with E-state index in [4.69, 9.17) is 0 Å². The van der Waals surface area contributed by atoms with Crippen LogP contribution in [0, 0.1) is 5.75 Å². The third-order valence-corrected chi connectivity index (χ3v) is 3.21. The van der Waals surface area contributed by atoms with Crippen molar-refractivity contribution < 1.29 is 26.3 Å². The van der Waals surface area contributed by atoms with Crippen molar-refractivity contribution in [1.82, 2.24) is 0 Å². The number of hydrogen-bond donors (Lipinski definition) is 0. The van der Waals surface area contributed by atoms with Crippen molar-refractivity contribution in [2.45, 2.75) is 18.2 Å². The summed E-state index contributed by atoms with van der Waals surface area (Å²) < 4.78 is 61.9. The molecule has 89 valence electrons. The van der Waals surface area contributed by atoms with Gasteiger partial charge in [-0.3, -0.25) is 0 Å². The molecule has 0 heterocycles. The lowest BCUT2D eigenvalue weighted by atomic mass is 10.3. The van der Waals surface area contributed by atoms with Crippen LogP contribution in [0.4, 0.5) is 13.2 Å². The van der Waals surface area contributed by atoms with Gasteiger partial charge in [-0.25, -0.2) is 8.42 Å². The quantitative estimate of drug-likeness (QED) is 0.831. The van der Waals surface area contributed by atoms with E-state index in [2.05, 4.69) is 4.74 Å². The van der Waals surface area contributed by atoms with Crippen LogP contribution in [-0.2, 0) is 9.84 Å². The van der Waals surface area contributed by atoms with Gasteiger partial charge >= 0.3 is 6.36 Å².